The van der Waals surface area contributed by atoms with Gasteiger partial charge in [-0.1, -0.05) is 27.2 Å². The lowest BCUT2D eigenvalue weighted by Gasteiger charge is -2.23. The molecule has 3 heteroatoms. The van der Waals surface area contributed by atoms with Crippen molar-refractivity contribution in [2.45, 2.75) is 40.0 Å². The van der Waals surface area contributed by atoms with Crippen molar-refractivity contribution in [2.75, 3.05) is 6.61 Å². The van der Waals surface area contributed by atoms with E-state index in [-0.39, 0.29) is 0 Å². The number of aromatic nitrogens is 2. The molecule has 84 valence electrons. The zero-order chi connectivity index (χ0) is 11.1. The summed E-state index contributed by atoms with van der Waals surface area (Å²) in [7, 11) is 0. The molecule has 0 aliphatic rings. The number of hydrogen-bond donors (Lipinski definition) is 0. The molecule has 1 aromatic rings. The van der Waals surface area contributed by atoms with Crippen molar-refractivity contribution in [1.82, 2.24) is 9.97 Å². The van der Waals surface area contributed by atoms with Crippen LogP contribution in [-0.4, -0.2) is 16.6 Å². The molecule has 0 saturated heterocycles. The van der Waals surface area contributed by atoms with Crippen molar-refractivity contribution < 1.29 is 4.74 Å². The normalized spacial score (nSPS) is 11.4. The highest BCUT2D eigenvalue weighted by Gasteiger charge is 2.16. The summed E-state index contributed by atoms with van der Waals surface area (Å²) in [5.74, 6) is 0. The molecule has 0 aromatic carbocycles. The monoisotopic (exact) mass is 208 g/mol. The molecule has 0 atom stereocenters. The first-order valence-corrected chi connectivity index (χ1v) is 5.54. The Morgan fingerprint density at radius 3 is 2.47 bits per heavy atom. The van der Waals surface area contributed by atoms with Gasteiger partial charge in [-0.3, -0.25) is 0 Å². The smallest absolute Gasteiger partial charge is 0.316 e. The molecule has 0 radical (unpaired) electrons. The van der Waals surface area contributed by atoms with E-state index in [1.54, 1.807) is 18.5 Å². The van der Waals surface area contributed by atoms with Crippen LogP contribution in [0.5, 0.6) is 6.01 Å². The quantitative estimate of drug-likeness (QED) is 0.720. The molecule has 0 spiro atoms. The van der Waals surface area contributed by atoms with Gasteiger partial charge in [0.15, 0.2) is 0 Å². The fourth-order valence-corrected chi connectivity index (χ4v) is 1.58. The van der Waals surface area contributed by atoms with Crippen LogP contribution in [-0.2, 0) is 0 Å². The Kier molecular flexibility index (Phi) is 4.53. The van der Waals surface area contributed by atoms with E-state index in [2.05, 4.69) is 30.7 Å². The van der Waals surface area contributed by atoms with Crippen LogP contribution in [0.4, 0.5) is 0 Å². The topological polar surface area (TPSA) is 35.0 Å². The molecule has 0 amide bonds. The van der Waals surface area contributed by atoms with Crippen LogP contribution in [0.25, 0.3) is 0 Å². The van der Waals surface area contributed by atoms with E-state index >= 15 is 0 Å². The number of nitrogens with zero attached hydrogens (tertiary/aromatic N) is 2. The lowest BCUT2D eigenvalue weighted by atomic mass is 9.85. The summed E-state index contributed by atoms with van der Waals surface area (Å²) in [6.45, 7) is 7.44. The van der Waals surface area contributed by atoms with Gasteiger partial charge in [-0.25, -0.2) is 9.97 Å². The first-order valence-electron chi connectivity index (χ1n) is 5.54. The van der Waals surface area contributed by atoms with Gasteiger partial charge in [-0.2, -0.15) is 0 Å². The van der Waals surface area contributed by atoms with Crippen LogP contribution in [0, 0.1) is 5.41 Å². The summed E-state index contributed by atoms with van der Waals surface area (Å²) in [5.41, 5.74) is 0.351. The van der Waals surface area contributed by atoms with E-state index in [4.69, 9.17) is 4.74 Å². The Morgan fingerprint density at radius 1 is 1.20 bits per heavy atom. The SMILES string of the molecule is CCCC(C)(C)CCOc1ncccn1. The average molecular weight is 208 g/mol. The molecule has 0 unspecified atom stereocenters. The Balaban J connectivity index is 2.27. The zero-order valence-electron chi connectivity index (χ0n) is 9.86. The van der Waals surface area contributed by atoms with Crippen molar-refractivity contribution in [2.24, 2.45) is 5.41 Å². The van der Waals surface area contributed by atoms with E-state index in [0.717, 1.165) is 6.42 Å². The summed E-state index contributed by atoms with van der Waals surface area (Å²) in [6.07, 6.45) is 6.87. The summed E-state index contributed by atoms with van der Waals surface area (Å²) >= 11 is 0. The molecular formula is C12H20N2O. The molecular weight excluding hydrogens is 188 g/mol. The van der Waals surface area contributed by atoms with E-state index in [1.165, 1.54) is 12.8 Å². The highest BCUT2D eigenvalue weighted by Crippen LogP contribution is 2.26. The molecule has 0 aliphatic carbocycles. The highest BCUT2D eigenvalue weighted by molar-refractivity contribution is 4.93. The molecule has 0 fully saturated rings. The van der Waals surface area contributed by atoms with Crippen molar-refractivity contribution in [3.05, 3.63) is 18.5 Å². The fourth-order valence-electron chi connectivity index (χ4n) is 1.58. The number of ether oxygens (including phenoxy) is 1. The maximum absolute atomic E-state index is 5.47. The molecule has 15 heavy (non-hydrogen) atoms. The number of rotatable bonds is 6. The van der Waals surface area contributed by atoms with Gasteiger partial charge in [0.05, 0.1) is 6.61 Å². The maximum Gasteiger partial charge on any atom is 0.316 e. The van der Waals surface area contributed by atoms with Gasteiger partial charge < -0.3 is 4.74 Å². The van der Waals surface area contributed by atoms with Gasteiger partial charge in [0.1, 0.15) is 0 Å². The highest BCUT2D eigenvalue weighted by atomic mass is 16.5. The van der Waals surface area contributed by atoms with Gasteiger partial charge in [0, 0.05) is 12.4 Å². The largest absolute Gasteiger partial charge is 0.463 e. The van der Waals surface area contributed by atoms with Crippen LogP contribution in [0.2, 0.25) is 0 Å². The van der Waals surface area contributed by atoms with E-state index < -0.39 is 0 Å². The van der Waals surface area contributed by atoms with Gasteiger partial charge in [-0.05, 0) is 24.3 Å². The average Bonchev–Trinajstić information content (AvgIpc) is 2.19. The first kappa shape index (κ1) is 12.0. The summed E-state index contributed by atoms with van der Waals surface area (Å²) in [5, 5.41) is 0. The van der Waals surface area contributed by atoms with Crippen molar-refractivity contribution in [1.29, 1.82) is 0 Å². The van der Waals surface area contributed by atoms with Crippen LogP contribution in [0.15, 0.2) is 18.5 Å². The number of hydrogen-bond acceptors (Lipinski definition) is 3. The summed E-state index contributed by atoms with van der Waals surface area (Å²) in [6, 6.07) is 2.26. The zero-order valence-corrected chi connectivity index (χ0v) is 9.86. The van der Waals surface area contributed by atoms with Crippen molar-refractivity contribution >= 4 is 0 Å². The van der Waals surface area contributed by atoms with Gasteiger partial charge in [-0.15, -0.1) is 0 Å². The minimum absolute atomic E-state index is 0.351. The van der Waals surface area contributed by atoms with Crippen LogP contribution in [0.1, 0.15) is 40.0 Å². The molecule has 0 N–H and O–H groups in total. The molecule has 0 aliphatic heterocycles. The lowest BCUT2D eigenvalue weighted by molar-refractivity contribution is 0.205. The Bertz CT molecular complexity index is 272. The predicted octanol–water partition coefficient (Wildman–Crippen LogP) is 3.07. The Labute approximate surface area is 91.9 Å². The summed E-state index contributed by atoms with van der Waals surface area (Å²) in [4.78, 5) is 8.02. The molecule has 1 rings (SSSR count). The van der Waals surface area contributed by atoms with E-state index in [0.29, 0.717) is 18.0 Å². The Hall–Kier alpha value is -1.12. The van der Waals surface area contributed by atoms with Crippen LogP contribution < -0.4 is 4.74 Å². The van der Waals surface area contributed by atoms with E-state index in [9.17, 15) is 0 Å². The standard InChI is InChI=1S/C12H20N2O/c1-4-6-12(2,3)7-10-15-11-13-8-5-9-14-11/h5,8-9H,4,6-7,10H2,1-3H3. The van der Waals surface area contributed by atoms with Crippen LogP contribution in [0.3, 0.4) is 0 Å². The lowest BCUT2D eigenvalue weighted by Crippen LogP contribution is -2.15. The van der Waals surface area contributed by atoms with Gasteiger partial charge in [0.2, 0.25) is 0 Å². The van der Waals surface area contributed by atoms with Crippen molar-refractivity contribution in [3.8, 4) is 6.01 Å². The summed E-state index contributed by atoms with van der Waals surface area (Å²) < 4.78 is 5.47. The second kappa shape index (κ2) is 5.69. The van der Waals surface area contributed by atoms with Gasteiger partial charge >= 0.3 is 6.01 Å². The second-order valence-corrected chi connectivity index (χ2v) is 4.54. The fraction of sp³-hybridized carbons (Fsp3) is 0.667. The third kappa shape index (κ3) is 4.77. The molecule has 0 saturated carbocycles. The third-order valence-electron chi connectivity index (χ3n) is 2.48. The molecule has 1 heterocycles. The molecule has 3 nitrogen and oxygen atoms in total. The predicted molar refractivity (Wildman–Crippen MR) is 60.8 cm³/mol. The molecule has 0 bridgehead atoms. The van der Waals surface area contributed by atoms with Crippen LogP contribution >= 0.6 is 0 Å². The minimum Gasteiger partial charge on any atom is -0.463 e. The second-order valence-electron chi connectivity index (χ2n) is 4.54. The first-order chi connectivity index (χ1) is 7.14. The minimum atomic E-state index is 0.351. The van der Waals surface area contributed by atoms with Crippen molar-refractivity contribution in [3.63, 3.8) is 0 Å². The maximum atomic E-state index is 5.47. The molecule has 1 aromatic heterocycles. The third-order valence-corrected chi connectivity index (χ3v) is 2.48. The van der Waals surface area contributed by atoms with E-state index in [1.807, 2.05) is 0 Å². The Morgan fingerprint density at radius 2 is 1.87 bits per heavy atom. The van der Waals surface area contributed by atoms with Gasteiger partial charge in [0.25, 0.3) is 0 Å².